The largest absolute Gasteiger partial charge is 0.508 e. The molecule has 0 unspecified atom stereocenters. The van der Waals surface area contributed by atoms with Gasteiger partial charge in [-0.2, -0.15) is 0 Å². The van der Waals surface area contributed by atoms with E-state index < -0.39 is 0 Å². The number of hydrogen-bond donors (Lipinski definition) is 3. The Hall–Kier alpha value is -1.02. The monoisotopic (exact) mass is 447 g/mol. The fourth-order valence-corrected chi connectivity index (χ4v) is 2.27. The average Bonchev–Trinajstić information content (AvgIpc) is 3.35. The van der Waals surface area contributed by atoms with E-state index in [1.54, 1.807) is 12.1 Å². The molecule has 0 radical (unpaired) electrons. The van der Waals surface area contributed by atoms with Crippen LogP contribution in [0.4, 0.5) is 0 Å². The van der Waals surface area contributed by atoms with Crippen LogP contribution < -0.4 is 10.6 Å². The van der Waals surface area contributed by atoms with Gasteiger partial charge in [-0.3, -0.25) is 4.99 Å². The van der Waals surface area contributed by atoms with Crippen molar-refractivity contribution in [3.05, 3.63) is 29.8 Å². The number of phenolic OH excluding ortho intramolecular Hbond substituents is 1. The Morgan fingerprint density at radius 3 is 2.88 bits per heavy atom. The summed E-state index contributed by atoms with van der Waals surface area (Å²) in [6, 6.07) is 7.37. The highest BCUT2D eigenvalue weighted by atomic mass is 127. The first kappa shape index (κ1) is 21.0. The minimum Gasteiger partial charge on any atom is -0.508 e. The van der Waals surface area contributed by atoms with E-state index in [-0.39, 0.29) is 24.0 Å². The lowest BCUT2D eigenvalue weighted by atomic mass is 10.1. The zero-order valence-corrected chi connectivity index (χ0v) is 16.8. The topological polar surface area (TPSA) is 65.9 Å². The van der Waals surface area contributed by atoms with E-state index in [0.717, 1.165) is 63.1 Å². The first-order chi connectivity index (χ1) is 11.3. The molecule has 136 valence electrons. The summed E-state index contributed by atoms with van der Waals surface area (Å²) in [5.74, 6) is 1.99. The van der Waals surface area contributed by atoms with Gasteiger partial charge in [0.1, 0.15) is 5.75 Å². The molecular formula is C18H30IN3O2. The highest BCUT2D eigenvalue weighted by Gasteiger charge is 2.20. The number of hydrogen-bond acceptors (Lipinski definition) is 3. The SMILES string of the molecule is CCNC(=NCCCOCC1CC1)NCCc1cccc(O)c1.I. The van der Waals surface area contributed by atoms with Gasteiger partial charge in [0.15, 0.2) is 5.96 Å². The van der Waals surface area contributed by atoms with Gasteiger partial charge in [0.25, 0.3) is 0 Å². The Balaban J connectivity index is 0.00000288. The maximum atomic E-state index is 9.46. The maximum Gasteiger partial charge on any atom is 0.191 e. The second-order valence-corrected chi connectivity index (χ2v) is 5.98. The van der Waals surface area contributed by atoms with Crippen LogP contribution in [-0.2, 0) is 11.2 Å². The van der Waals surface area contributed by atoms with E-state index in [0.29, 0.717) is 5.75 Å². The highest BCUT2D eigenvalue weighted by Crippen LogP contribution is 2.28. The van der Waals surface area contributed by atoms with Crippen molar-refractivity contribution in [1.82, 2.24) is 10.6 Å². The Morgan fingerprint density at radius 2 is 2.17 bits per heavy atom. The van der Waals surface area contributed by atoms with Crippen LogP contribution in [0, 0.1) is 5.92 Å². The van der Waals surface area contributed by atoms with Gasteiger partial charge in [0.2, 0.25) is 0 Å². The second kappa shape index (κ2) is 12.4. The highest BCUT2D eigenvalue weighted by molar-refractivity contribution is 14.0. The molecule has 0 atom stereocenters. The Morgan fingerprint density at radius 1 is 1.33 bits per heavy atom. The molecule has 1 saturated carbocycles. The van der Waals surface area contributed by atoms with Crippen molar-refractivity contribution < 1.29 is 9.84 Å². The molecule has 0 bridgehead atoms. The predicted molar refractivity (Wildman–Crippen MR) is 109 cm³/mol. The van der Waals surface area contributed by atoms with Crippen molar-refractivity contribution in [3.8, 4) is 5.75 Å². The first-order valence-corrected chi connectivity index (χ1v) is 8.65. The van der Waals surface area contributed by atoms with Gasteiger partial charge < -0.3 is 20.5 Å². The molecule has 0 aliphatic heterocycles. The van der Waals surface area contributed by atoms with Crippen LogP contribution in [0.5, 0.6) is 5.75 Å². The quantitative estimate of drug-likeness (QED) is 0.223. The average molecular weight is 447 g/mol. The summed E-state index contributed by atoms with van der Waals surface area (Å²) in [7, 11) is 0. The number of rotatable bonds is 10. The van der Waals surface area contributed by atoms with E-state index in [2.05, 4.69) is 22.5 Å². The van der Waals surface area contributed by atoms with Crippen molar-refractivity contribution in [2.24, 2.45) is 10.9 Å². The summed E-state index contributed by atoms with van der Waals surface area (Å²) in [5.41, 5.74) is 1.11. The van der Waals surface area contributed by atoms with E-state index in [4.69, 9.17) is 4.74 Å². The standard InChI is InChI=1S/C18H29N3O2.HI/c1-2-19-18(20-10-4-12-23-14-16-7-8-16)21-11-9-15-5-3-6-17(22)13-15;/h3,5-6,13,16,22H,2,4,7-12,14H2,1H3,(H2,19,20,21);1H. The van der Waals surface area contributed by atoms with Crippen LogP contribution in [0.15, 0.2) is 29.3 Å². The van der Waals surface area contributed by atoms with Crippen LogP contribution in [0.3, 0.4) is 0 Å². The van der Waals surface area contributed by atoms with E-state index in [1.165, 1.54) is 12.8 Å². The number of ether oxygens (including phenoxy) is 1. The van der Waals surface area contributed by atoms with E-state index in [1.807, 2.05) is 12.1 Å². The summed E-state index contributed by atoms with van der Waals surface area (Å²) >= 11 is 0. The number of nitrogens with zero attached hydrogens (tertiary/aromatic N) is 1. The van der Waals surface area contributed by atoms with E-state index >= 15 is 0 Å². The van der Waals surface area contributed by atoms with Crippen molar-refractivity contribution in [2.75, 3.05) is 32.8 Å². The summed E-state index contributed by atoms with van der Waals surface area (Å²) in [4.78, 5) is 4.56. The molecule has 2 rings (SSSR count). The Bertz CT molecular complexity index is 493. The van der Waals surface area contributed by atoms with Gasteiger partial charge in [-0.1, -0.05) is 12.1 Å². The minimum absolute atomic E-state index is 0. The molecule has 6 heteroatoms. The predicted octanol–water partition coefficient (Wildman–Crippen LogP) is 2.92. The minimum atomic E-state index is 0. The van der Waals surface area contributed by atoms with Crippen molar-refractivity contribution in [3.63, 3.8) is 0 Å². The summed E-state index contributed by atoms with van der Waals surface area (Å²) < 4.78 is 5.62. The fraction of sp³-hybridized carbons (Fsp3) is 0.611. The third-order valence-electron chi connectivity index (χ3n) is 3.73. The molecule has 3 N–H and O–H groups in total. The van der Waals surface area contributed by atoms with Crippen LogP contribution >= 0.6 is 24.0 Å². The second-order valence-electron chi connectivity index (χ2n) is 5.98. The number of aromatic hydroxyl groups is 1. The molecule has 1 aromatic rings. The lowest BCUT2D eigenvalue weighted by molar-refractivity contribution is 0.123. The van der Waals surface area contributed by atoms with Crippen LogP contribution in [0.2, 0.25) is 0 Å². The molecule has 5 nitrogen and oxygen atoms in total. The van der Waals surface area contributed by atoms with Gasteiger partial charge in [-0.05, 0) is 56.2 Å². The lowest BCUT2D eigenvalue weighted by Crippen LogP contribution is -2.38. The zero-order chi connectivity index (χ0) is 16.3. The van der Waals surface area contributed by atoms with Gasteiger partial charge in [-0.15, -0.1) is 24.0 Å². The molecule has 0 spiro atoms. The number of halogens is 1. The van der Waals surface area contributed by atoms with Crippen LogP contribution in [-0.4, -0.2) is 43.9 Å². The molecule has 0 aromatic heterocycles. The maximum absolute atomic E-state index is 9.46. The molecule has 0 saturated heterocycles. The normalized spacial score (nSPS) is 14.1. The van der Waals surface area contributed by atoms with Crippen molar-refractivity contribution in [2.45, 2.75) is 32.6 Å². The number of phenols is 1. The smallest absolute Gasteiger partial charge is 0.191 e. The third kappa shape index (κ3) is 9.32. The van der Waals surface area contributed by atoms with Gasteiger partial charge in [0.05, 0.1) is 0 Å². The van der Waals surface area contributed by atoms with Gasteiger partial charge >= 0.3 is 0 Å². The van der Waals surface area contributed by atoms with Crippen LogP contribution in [0.1, 0.15) is 31.7 Å². The van der Waals surface area contributed by atoms with Crippen molar-refractivity contribution in [1.29, 1.82) is 0 Å². The molecule has 1 fully saturated rings. The zero-order valence-electron chi connectivity index (χ0n) is 14.5. The molecule has 0 amide bonds. The van der Waals surface area contributed by atoms with Crippen molar-refractivity contribution >= 4 is 29.9 Å². The summed E-state index contributed by atoms with van der Waals surface area (Å²) in [5, 5.41) is 16.0. The Kier molecular flexibility index (Phi) is 10.8. The molecule has 1 aliphatic carbocycles. The number of benzene rings is 1. The van der Waals surface area contributed by atoms with Crippen LogP contribution in [0.25, 0.3) is 0 Å². The summed E-state index contributed by atoms with van der Waals surface area (Å²) in [6.45, 7) is 6.18. The van der Waals surface area contributed by atoms with E-state index in [9.17, 15) is 5.11 Å². The number of aliphatic imine (C=N–C) groups is 1. The Labute approximate surface area is 162 Å². The number of guanidine groups is 1. The molecule has 1 aromatic carbocycles. The molecule has 0 heterocycles. The molecule has 1 aliphatic rings. The molecule has 24 heavy (non-hydrogen) atoms. The first-order valence-electron chi connectivity index (χ1n) is 8.65. The summed E-state index contributed by atoms with van der Waals surface area (Å²) in [6.07, 6.45) is 4.48. The van der Waals surface area contributed by atoms with Gasteiger partial charge in [-0.25, -0.2) is 0 Å². The lowest BCUT2D eigenvalue weighted by Gasteiger charge is -2.11. The fourth-order valence-electron chi connectivity index (χ4n) is 2.27. The third-order valence-corrected chi connectivity index (χ3v) is 3.73. The molecular weight excluding hydrogens is 417 g/mol. The van der Waals surface area contributed by atoms with Gasteiger partial charge in [0, 0.05) is 32.8 Å². The number of nitrogens with one attached hydrogen (secondary N) is 2.